The van der Waals surface area contributed by atoms with Crippen LogP contribution < -0.4 is 0 Å². The molecule has 1 aromatic carbocycles. The van der Waals surface area contributed by atoms with E-state index in [1.165, 1.54) is 4.90 Å². The van der Waals surface area contributed by atoms with Crippen molar-refractivity contribution in [3.05, 3.63) is 72.9 Å². The lowest BCUT2D eigenvalue weighted by atomic mass is 10.1. The van der Waals surface area contributed by atoms with Crippen molar-refractivity contribution in [1.82, 2.24) is 9.80 Å². The van der Waals surface area contributed by atoms with Crippen LogP contribution in [0.3, 0.4) is 0 Å². The highest BCUT2D eigenvalue weighted by Crippen LogP contribution is 2.16. The summed E-state index contributed by atoms with van der Waals surface area (Å²) in [6.07, 6.45) is 5.85. The average molecular weight is 338 g/mol. The van der Waals surface area contributed by atoms with Gasteiger partial charge in [0.15, 0.2) is 0 Å². The zero-order chi connectivity index (χ0) is 18.2. The lowest BCUT2D eigenvalue weighted by Gasteiger charge is -2.32. The third-order valence-corrected chi connectivity index (χ3v) is 4.05. The smallest absolute Gasteiger partial charge is 0.274 e. The van der Waals surface area contributed by atoms with Gasteiger partial charge in [0.25, 0.3) is 0 Å². The lowest BCUT2D eigenvalue weighted by molar-refractivity contribution is -0.142. The van der Waals surface area contributed by atoms with Crippen LogP contribution in [0.2, 0.25) is 0 Å². The maximum absolute atomic E-state index is 12.6. The fourth-order valence-corrected chi connectivity index (χ4v) is 2.65. The molecule has 1 heterocycles. The van der Waals surface area contributed by atoms with Crippen LogP contribution in [0.15, 0.2) is 67.3 Å². The predicted octanol–water partition coefficient (Wildman–Crippen LogP) is 3.10. The van der Waals surface area contributed by atoms with E-state index in [1.807, 2.05) is 30.3 Å². The molecule has 130 valence electrons. The summed E-state index contributed by atoms with van der Waals surface area (Å²) >= 11 is 0. The number of nitrogens with zero attached hydrogens (tertiary/aromatic N) is 2. The van der Waals surface area contributed by atoms with Gasteiger partial charge in [0.05, 0.1) is 0 Å². The van der Waals surface area contributed by atoms with E-state index in [0.29, 0.717) is 12.8 Å². The molecule has 4 amide bonds. The number of hydrogen-bond acceptors (Lipinski definition) is 3. The van der Waals surface area contributed by atoms with Crippen molar-refractivity contribution in [2.24, 2.45) is 0 Å². The topological polar surface area (TPSA) is 57.7 Å². The zero-order valence-corrected chi connectivity index (χ0v) is 14.2. The molecule has 1 saturated heterocycles. The van der Waals surface area contributed by atoms with Crippen molar-refractivity contribution in [1.29, 1.82) is 0 Å². The van der Waals surface area contributed by atoms with Gasteiger partial charge in [0.1, 0.15) is 6.42 Å². The Morgan fingerprint density at radius 3 is 2.24 bits per heavy atom. The largest absolute Gasteiger partial charge is 0.333 e. The molecule has 1 aliphatic heterocycles. The minimum atomic E-state index is -0.542. The molecule has 2 rings (SSSR count). The number of urea groups is 1. The highest BCUT2D eigenvalue weighted by molar-refractivity contribution is 6.14. The number of carbonyl (C=O) groups is 3. The quantitative estimate of drug-likeness (QED) is 0.540. The summed E-state index contributed by atoms with van der Waals surface area (Å²) in [6.45, 7) is 7.81. The third kappa shape index (κ3) is 4.76. The number of imide groups is 2. The molecule has 0 radical (unpaired) electrons. The van der Waals surface area contributed by atoms with Gasteiger partial charge in [-0.05, 0) is 24.0 Å². The van der Waals surface area contributed by atoms with Crippen LogP contribution in [-0.2, 0) is 16.0 Å². The fraction of sp³-hybridized carbons (Fsp3) is 0.250. The first kappa shape index (κ1) is 18.4. The van der Waals surface area contributed by atoms with Crippen molar-refractivity contribution >= 4 is 17.8 Å². The maximum Gasteiger partial charge on any atom is 0.333 e. The van der Waals surface area contributed by atoms with Crippen LogP contribution in [0.1, 0.15) is 18.4 Å². The number of rotatable bonds is 8. The SMILES string of the molecule is C=C/C=C(\C=C)CCN1C(=O)CC(=O)N(CCc2ccccc2)C1=O. The summed E-state index contributed by atoms with van der Waals surface area (Å²) in [4.78, 5) is 39.1. The Labute approximate surface area is 147 Å². The lowest BCUT2D eigenvalue weighted by Crippen LogP contribution is -2.55. The third-order valence-electron chi connectivity index (χ3n) is 4.05. The molecule has 25 heavy (non-hydrogen) atoms. The minimum absolute atomic E-state index is 0.221. The van der Waals surface area contributed by atoms with Gasteiger partial charge in [-0.2, -0.15) is 0 Å². The number of barbiturate groups is 1. The van der Waals surface area contributed by atoms with E-state index < -0.39 is 17.8 Å². The van der Waals surface area contributed by atoms with Crippen LogP contribution in [0, 0.1) is 0 Å². The monoisotopic (exact) mass is 338 g/mol. The van der Waals surface area contributed by atoms with E-state index in [4.69, 9.17) is 0 Å². The molecule has 5 nitrogen and oxygen atoms in total. The molecular formula is C20H22N2O3. The number of allylic oxidation sites excluding steroid dienone is 3. The molecule has 0 aliphatic carbocycles. The van der Waals surface area contributed by atoms with E-state index in [1.54, 1.807) is 18.2 Å². The Bertz CT molecular complexity index is 707. The Morgan fingerprint density at radius 2 is 1.64 bits per heavy atom. The van der Waals surface area contributed by atoms with Gasteiger partial charge in [0, 0.05) is 13.1 Å². The van der Waals surface area contributed by atoms with E-state index in [9.17, 15) is 14.4 Å². The van der Waals surface area contributed by atoms with Crippen LogP contribution in [0.5, 0.6) is 0 Å². The standard InChI is InChI=1S/C20H22N2O3/c1-3-8-16(4-2)11-13-21-18(23)15-19(24)22(20(21)25)14-12-17-9-6-5-7-10-17/h3-10H,1-2,11-15H2/b16-8+. The van der Waals surface area contributed by atoms with E-state index in [0.717, 1.165) is 16.0 Å². The maximum atomic E-state index is 12.6. The Hall–Kier alpha value is -2.95. The first-order valence-corrected chi connectivity index (χ1v) is 8.19. The molecule has 0 unspecified atom stereocenters. The van der Waals surface area contributed by atoms with Gasteiger partial charge in [-0.15, -0.1) is 0 Å². The van der Waals surface area contributed by atoms with Gasteiger partial charge < -0.3 is 0 Å². The molecule has 0 spiro atoms. The van der Waals surface area contributed by atoms with E-state index >= 15 is 0 Å². The number of hydrogen-bond donors (Lipinski definition) is 0. The summed E-state index contributed by atoms with van der Waals surface area (Å²) in [7, 11) is 0. The summed E-state index contributed by atoms with van der Waals surface area (Å²) < 4.78 is 0. The molecule has 0 N–H and O–H groups in total. The predicted molar refractivity (Wildman–Crippen MR) is 96.7 cm³/mol. The highest BCUT2D eigenvalue weighted by atomic mass is 16.2. The van der Waals surface area contributed by atoms with Crippen LogP contribution in [0.4, 0.5) is 4.79 Å². The van der Waals surface area contributed by atoms with Crippen molar-refractivity contribution in [3.63, 3.8) is 0 Å². The molecule has 0 atom stereocenters. The fourth-order valence-electron chi connectivity index (χ4n) is 2.65. The first-order valence-electron chi connectivity index (χ1n) is 8.19. The Balaban J connectivity index is 2.03. The Morgan fingerprint density at radius 1 is 1.00 bits per heavy atom. The molecule has 0 aromatic heterocycles. The van der Waals surface area contributed by atoms with Crippen LogP contribution in [0.25, 0.3) is 0 Å². The summed E-state index contributed by atoms with van der Waals surface area (Å²) in [5, 5.41) is 0. The molecule has 0 saturated carbocycles. The van der Waals surface area contributed by atoms with Gasteiger partial charge in [-0.25, -0.2) is 4.79 Å². The minimum Gasteiger partial charge on any atom is -0.274 e. The normalized spacial score (nSPS) is 15.5. The second-order valence-corrected chi connectivity index (χ2v) is 5.72. The van der Waals surface area contributed by atoms with Crippen molar-refractivity contribution in [2.75, 3.05) is 13.1 Å². The zero-order valence-electron chi connectivity index (χ0n) is 14.2. The molecule has 1 aliphatic rings. The number of benzene rings is 1. The summed E-state index contributed by atoms with van der Waals surface area (Å²) in [5.41, 5.74) is 1.91. The van der Waals surface area contributed by atoms with E-state index in [2.05, 4.69) is 13.2 Å². The van der Waals surface area contributed by atoms with Gasteiger partial charge >= 0.3 is 6.03 Å². The van der Waals surface area contributed by atoms with Gasteiger partial charge in [0.2, 0.25) is 11.8 Å². The summed E-state index contributed by atoms with van der Waals surface area (Å²) in [6, 6.07) is 9.08. The molecule has 0 bridgehead atoms. The summed E-state index contributed by atoms with van der Waals surface area (Å²) in [5.74, 6) is -0.888. The second-order valence-electron chi connectivity index (χ2n) is 5.72. The molecule has 1 fully saturated rings. The number of amides is 4. The molecule has 1 aromatic rings. The number of carbonyl (C=O) groups excluding carboxylic acids is 3. The van der Waals surface area contributed by atoms with Crippen molar-refractivity contribution < 1.29 is 14.4 Å². The van der Waals surface area contributed by atoms with Crippen LogP contribution in [-0.4, -0.2) is 40.7 Å². The Kier molecular flexibility index (Phi) is 6.46. The van der Waals surface area contributed by atoms with Crippen LogP contribution >= 0.6 is 0 Å². The molecular weight excluding hydrogens is 316 g/mol. The highest BCUT2D eigenvalue weighted by Gasteiger charge is 2.37. The second kappa shape index (κ2) is 8.78. The first-order chi connectivity index (χ1) is 12.1. The van der Waals surface area contributed by atoms with Gasteiger partial charge in [-0.1, -0.05) is 61.7 Å². The van der Waals surface area contributed by atoms with Crippen molar-refractivity contribution in [3.8, 4) is 0 Å². The average Bonchev–Trinajstić information content (AvgIpc) is 2.61. The molecule has 5 heteroatoms. The van der Waals surface area contributed by atoms with Gasteiger partial charge in [-0.3, -0.25) is 19.4 Å². The van der Waals surface area contributed by atoms with E-state index in [-0.39, 0.29) is 19.5 Å². The van der Waals surface area contributed by atoms with Crippen molar-refractivity contribution in [2.45, 2.75) is 19.3 Å².